The van der Waals surface area contributed by atoms with Gasteiger partial charge in [-0.3, -0.25) is 4.98 Å². The molecule has 1 saturated heterocycles. The lowest BCUT2D eigenvalue weighted by molar-refractivity contribution is -0.146. The Labute approximate surface area is 124 Å². The third-order valence-corrected chi connectivity index (χ3v) is 3.47. The van der Waals surface area contributed by atoms with Gasteiger partial charge >= 0.3 is 6.18 Å². The van der Waals surface area contributed by atoms with Gasteiger partial charge in [0.15, 0.2) is 0 Å². The quantitative estimate of drug-likeness (QED) is 0.914. The first-order chi connectivity index (χ1) is 10.4. The minimum Gasteiger partial charge on any atom is -0.382 e. The number of rotatable bonds is 2. The van der Waals surface area contributed by atoms with Gasteiger partial charge in [-0.1, -0.05) is 0 Å². The van der Waals surface area contributed by atoms with Crippen LogP contribution in [0.1, 0.15) is 12.8 Å². The van der Waals surface area contributed by atoms with Gasteiger partial charge in [0.05, 0.1) is 18.1 Å². The van der Waals surface area contributed by atoms with Crippen LogP contribution >= 0.6 is 0 Å². The van der Waals surface area contributed by atoms with Crippen molar-refractivity contribution in [2.75, 3.05) is 17.2 Å². The van der Waals surface area contributed by atoms with Gasteiger partial charge in [0.25, 0.3) is 0 Å². The van der Waals surface area contributed by atoms with Crippen LogP contribution in [0.3, 0.4) is 0 Å². The molecule has 116 valence electrons. The van der Waals surface area contributed by atoms with E-state index in [9.17, 15) is 13.2 Å². The number of nitrogen functional groups attached to an aromatic ring is 1. The molecule has 2 aromatic heterocycles. The molecule has 0 saturated carbocycles. The molecule has 6 nitrogen and oxygen atoms in total. The Bertz CT molecular complexity index is 658. The van der Waals surface area contributed by atoms with Crippen molar-refractivity contribution in [2.45, 2.75) is 25.1 Å². The van der Waals surface area contributed by atoms with Crippen molar-refractivity contribution in [3.63, 3.8) is 0 Å². The highest BCUT2D eigenvalue weighted by molar-refractivity contribution is 5.58. The van der Waals surface area contributed by atoms with Crippen LogP contribution in [0.25, 0.3) is 11.3 Å². The number of halogens is 3. The number of nitrogens with two attached hydrogens (primary N) is 1. The third-order valence-electron chi connectivity index (χ3n) is 3.47. The predicted molar refractivity (Wildman–Crippen MR) is 73.9 cm³/mol. The molecule has 0 bridgehead atoms. The van der Waals surface area contributed by atoms with Gasteiger partial charge in [0, 0.05) is 24.5 Å². The van der Waals surface area contributed by atoms with Gasteiger partial charge in [0.1, 0.15) is 11.9 Å². The second kappa shape index (κ2) is 5.39. The van der Waals surface area contributed by atoms with Crippen LogP contribution in [0.5, 0.6) is 0 Å². The molecule has 0 aromatic carbocycles. The fourth-order valence-corrected chi connectivity index (χ4v) is 2.47. The molecule has 2 aromatic rings. The summed E-state index contributed by atoms with van der Waals surface area (Å²) in [5.74, 6) is 0.318. The van der Waals surface area contributed by atoms with Gasteiger partial charge in [-0.25, -0.2) is 15.0 Å². The lowest BCUT2D eigenvalue weighted by Gasteiger charge is -2.26. The molecule has 1 aliphatic rings. The number of hydrogen-bond donors (Lipinski definition) is 1. The fraction of sp³-hybridized carbons (Fsp3) is 0.385. The van der Waals surface area contributed by atoms with Crippen LogP contribution in [-0.4, -0.2) is 38.7 Å². The van der Waals surface area contributed by atoms with Gasteiger partial charge in [0.2, 0.25) is 5.95 Å². The van der Waals surface area contributed by atoms with E-state index in [0.717, 1.165) is 0 Å². The summed E-state index contributed by atoms with van der Waals surface area (Å²) in [5.41, 5.74) is 6.56. The molecule has 0 unspecified atom stereocenters. The Balaban J connectivity index is 1.85. The molecule has 2 N–H and O–H groups in total. The average molecular weight is 310 g/mol. The first kappa shape index (κ1) is 14.5. The van der Waals surface area contributed by atoms with E-state index in [1.165, 1.54) is 29.7 Å². The number of nitrogens with zero attached hydrogens (tertiary/aromatic N) is 5. The van der Waals surface area contributed by atoms with Gasteiger partial charge in [-0.2, -0.15) is 13.2 Å². The molecule has 0 radical (unpaired) electrons. The summed E-state index contributed by atoms with van der Waals surface area (Å²) < 4.78 is 38.9. The Hall–Kier alpha value is -2.45. The first-order valence-corrected chi connectivity index (χ1v) is 6.68. The van der Waals surface area contributed by atoms with Crippen LogP contribution in [0.15, 0.2) is 24.8 Å². The van der Waals surface area contributed by atoms with Crippen LogP contribution in [-0.2, 0) is 0 Å². The zero-order valence-corrected chi connectivity index (χ0v) is 11.5. The molecule has 1 aliphatic heterocycles. The van der Waals surface area contributed by atoms with Crippen molar-refractivity contribution in [1.82, 2.24) is 19.9 Å². The van der Waals surface area contributed by atoms with E-state index in [1.807, 2.05) is 0 Å². The van der Waals surface area contributed by atoms with E-state index in [1.54, 1.807) is 0 Å². The van der Waals surface area contributed by atoms with E-state index < -0.39 is 12.2 Å². The zero-order valence-electron chi connectivity index (χ0n) is 11.5. The normalized spacial score (nSPS) is 18.7. The Morgan fingerprint density at radius 2 is 1.86 bits per heavy atom. The summed E-state index contributed by atoms with van der Waals surface area (Å²) >= 11 is 0. The molecular weight excluding hydrogens is 297 g/mol. The second-order valence-electron chi connectivity index (χ2n) is 4.99. The van der Waals surface area contributed by atoms with E-state index in [2.05, 4.69) is 19.9 Å². The Morgan fingerprint density at radius 3 is 2.50 bits per heavy atom. The lowest BCUT2D eigenvalue weighted by atomic mass is 10.2. The maximum Gasteiger partial charge on any atom is 0.408 e. The topological polar surface area (TPSA) is 80.8 Å². The summed E-state index contributed by atoms with van der Waals surface area (Å²) in [6.45, 7) is 0.293. The Morgan fingerprint density at radius 1 is 1.14 bits per heavy atom. The summed E-state index contributed by atoms with van der Waals surface area (Å²) in [7, 11) is 0. The standard InChI is InChI=1S/C13H13F3N6/c14-13(15,16)10-2-1-3-22(10)12-19-4-8(5-20-12)9-6-18-7-11(17)21-9/h4-7,10H,1-3H2,(H2,17,21)/t10-/m0/s1. The monoisotopic (exact) mass is 310 g/mol. The molecule has 22 heavy (non-hydrogen) atoms. The predicted octanol–water partition coefficient (Wildman–Crippen LogP) is 2.05. The van der Waals surface area contributed by atoms with E-state index in [4.69, 9.17) is 5.73 Å². The maximum absolute atomic E-state index is 13.0. The summed E-state index contributed by atoms with van der Waals surface area (Å²) in [6, 6.07) is -1.52. The van der Waals surface area contributed by atoms with E-state index >= 15 is 0 Å². The van der Waals surface area contributed by atoms with Crippen molar-refractivity contribution >= 4 is 11.8 Å². The first-order valence-electron chi connectivity index (χ1n) is 6.68. The van der Waals surface area contributed by atoms with Crippen LogP contribution < -0.4 is 10.6 Å². The minimum atomic E-state index is -4.28. The second-order valence-corrected chi connectivity index (χ2v) is 4.99. The zero-order chi connectivity index (χ0) is 15.7. The maximum atomic E-state index is 13.0. The van der Waals surface area contributed by atoms with Crippen molar-refractivity contribution in [1.29, 1.82) is 0 Å². The van der Waals surface area contributed by atoms with Gasteiger partial charge in [-0.15, -0.1) is 0 Å². The smallest absolute Gasteiger partial charge is 0.382 e. The van der Waals surface area contributed by atoms with Crippen molar-refractivity contribution in [3.8, 4) is 11.3 Å². The molecule has 9 heteroatoms. The van der Waals surface area contributed by atoms with Crippen molar-refractivity contribution in [2.24, 2.45) is 0 Å². The highest BCUT2D eigenvalue weighted by atomic mass is 19.4. The molecule has 3 rings (SSSR count). The van der Waals surface area contributed by atoms with Crippen LogP contribution in [0, 0.1) is 0 Å². The summed E-state index contributed by atoms with van der Waals surface area (Å²) in [4.78, 5) is 17.2. The molecule has 3 heterocycles. The fourth-order valence-electron chi connectivity index (χ4n) is 2.47. The molecule has 1 fully saturated rings. The van der Waals surface area contributed by atoms with Gasteiger partial charge in [-0.05, 0) is 12.8 Å². The molecule has 0 spiro atoms. The minimum absolute atomic E-state index is 0.0648. The van der Waals surface area contributed by atoms with E-state index in [-0.39, 0.29) is 18.2 Å². The molecule has 0 amide bonds. The van der Waals surface area contributed by atoms with Crippen LogP contribution in [0.4, 0.5) is 24.9 Å². The summed E-state index contributed by atoms with van der Waals surface area (Å²) in [5, 5.41) is 0. The lowest BCUT2D eigenvalue weighted by Crippen LogP contribution is -2.42. The number of anilines is 2. The number of hydrogen-bond acceptors (Lipinski definition) is 6. The Kier molecular flexibility index (Phi) is 3.55. The molecule has 1 atom stereocenters. The molecule has 0 aliphatic carbocycles. The molecular formula is C13H13F3N6. The van der Waals surface area contributed by atoms with Gasteiger partial charge < -0.3 is 10.6 Å². The largest absolute Gasteiger partial charge is 0.408 e. The van der Waals surface area contributed by atoms with Crippen LogP contribution in [0.2, 0.25) is 0 Å². The highest BCUT2D eigenvalue weighted by Crippen LogP contribution is 2.34. The van der Waals surface area contributed by atoms with Crippen molar-refractivity contribution in [3.05, 3.63) is 24.8 Å². The van der Waals surface area contributed by atoms with E-state index in [0.29, 0.717) is 24.2 Å². The highest BCUT2D eigenvalue weighted by Gasteiger charge is 2.46. The SMILES string of the molecule is Nc1cncc(-c2cnc(N3CCC[C@H]3C(F)(F)F)nc2)n1. The average Bonchev–Trinajstić information content (AvgIpc) is 2.97. The number of alkyl halides is 3. The number of aromatic nitrogens is 4. The summed E-state index contributed by atoms with van der Waals surface area (Å²) in [6.07, 6.45) is 2.00. The van der Waals surface area contributed by atoms with Crippen molar-refractivity contribution < 1.29 is 13.2 Å². The third kappa shape index (κ3) is 2.78.